The molecule has 2 fully saturated rings. The van der Waals surface area contributed by atoms with Gasteiger partial charge in [-0.2, -0.15) is 0 Å². The van der Waals surface area contributed by atoms with Crippen molar-refractivity contribution in [3.63, 3.8) is 0 Å². The monoisotopic (exact) mass is 241 g/mol. The van der Waals surface area contributed by atoms with Gasteiger partial charge in [0.1, 0.15) is 5.78 Å². The van der Waals surface area contributed by atoms with Crippen molar-refractivity contribution in [2.24, 2.45) is 5.92 Å². The Balaban J connectivity index is 1.89. The fourth-order valence-corrected chi connectivity index (χ4v) is 4.66. The second kappa shape index (κ2) is 3.67. The maximum atomic E-state index is 11.8. The summed E-state index contributed by atoms with van der Waals surface area (Å²) in [6, 6.07) is 9.45. The van der Waals surface area contributed by atoms with E-state index in [0.29, 0.717) is 23.2 Å². The highest BCUT2D eigenvalue weighted by Crippen LogP contribution is 2.52. The molecule has 1 saturated carbocycles. The lowest BCUT2D eigenvalue weighted by Gasteiger charge is -2.55. The van der Waals surface area contributed by atoms with Crippen molar-refractivity contribution >= 4 is 5.78 Å². The smallest absolute Gasteiger partial charge is 0.133 e. The van der Waals surface area contributed by atoms with Gasteiger partial charge in [-0.05, 0) is 42.9 Å². The summed E-state index contributed by atoms with van der Waals surface area (Å²) >= 11 is 0. The zero-order chi connectivity index (χ0) is 12.2. The molecule has 1 N–H and O–H groups in total. The quantitative estimate of drug-likeness (QED) is 0.754. The molecule has 3 atom stereocenters. The summed E-state index contributed by atoms with van der Waals surface area (Å²) in [4.78, 5) is 11.8. The SMILES string of the molecule is O=C1CCC23CCNC(Cc4ccccc42)C3C1. The van der Waals surface area contributed by atoms with Crippen LogP contribution in [0.5, 0.6) is 0 Å². The second-order valence-electron chi connectivity index (χ2n) is 6.18. The lowest BCUT2D eigenvalue weighted by Crippen LogP contribution is -2.60. The Morgan fingerprint density at radius 2 is 2.06 bits per heavy atom. The number of nitrogens with one attached hydrogen (secondary N) is 1. The molecule has 2 nitrogen and oxygen atoms in total. The zero-order valence-electron chi connectivity index (χ0n) is 10.6. The zero-order valence-corrected chi connectivity index (χ0v) is 10.6. The third-order valence-corrected chi connectivity index (χ3v) is 5.46. The Kier molecular flexibility index (Phi) is 2.19. The van der Waals surface area contributed by atoms with Crippen LogP contribution in [-0.2, 0) is 16.6 Å². The summed E-state index contributed by atoms with van der Waals surface area (Å²) < 4.78 is 0. The molecule has 1 aromatic carbocycles. The summed E-state index contributed by atoms with van der Waals surface area (Å²) in [6.07, 6.45) is 4.98. The molecule has 1 heterocycles. The maximum Gasteiger partial charge on any atom is 0.133 e. The number of benzene rings is 1. The number of hydrogen-bond donors (Lipinski definition) is 1. The van der Waals surface area contributed by atoms with Crippen molar-refractivity contribution in [2.75, 3.05) is 6.54 Å². The number of ketones is 1. The van der Waals surface area contributed by atoms with Crippen molar-refractivity contribution in [3.05, 3.63) is 35.4 Å². The van der Waals surface area contributed by atoms with Crippen LogP contribution in [0.2, 0.25) is 0 Å². The molecule has 3 unspecified atom stereocenters. The van der Waals surface area contributed by atoms with Crippen LogP contribution in [0.1, 0.15) is 36.8 Å². The van der Waals surface area contributed by atoms with Gasteiger partial charge in [0.05, 0.1) is 0 Å². The van der Waals surface area contributed by atoms with E-state index in [0.717, 1.165) is 32.2 Å². The minimum absolute atomic E-state index is 0.304. The first-order valence-corrected chi connectivity index (χ1v) is 7.13. The molecular formula is C16H19NO. The summed E-state index contributed by atoms with van der Waals surface area (Å²) in [6.45, 7) is 1.11. The molecule has 2 bridgehead atoms. The Morgan fingerprint density at radius 1 is 1.17 bits per heavy atom. The minimum Gasteiger partial charge on any atom is -0.313 e. The van der Waals surface area contributed by atoms with Crippen molar-refractivity contribution in [1.29, 1.82) is 0 Å². The van der Waals surface area contributed by atoms with Gasteiger partial charge < -0.3 is 5.32 Å². The van der Waals surface area contributed by atoms with Gasteiger partial charge in [0.25, 0.3) is 0 Å². The number of Topliss-reactive ketones (excluding diaryl/α,β-unsaturated/α-hetero) is 1. The molecule has 0 amide bonds. The number of fused-ring (bicyclic) bond motifs is 1. The lowest BCUT2D eigenvalue weighted by atomic mass is 9.52. The third-order valence-electron chi connectivity index (χ3n) is 5.46. The molecule has 0 radical (unpaired) electrons. The van der Waals surface area contributed by atoms with E-state index in [1.54, 1.807) is 5.56 Å². The standard InChI is InChI=1S/C16H19NO/c18-12-5-6-16-7-8-17-15(14(16)10-12)9-11-3-1-2-4-13(11)16/h1-4,14-15,17H,5-10H2. The minimum atomic E-state index is 0.304. The van der Waals surface area contributed by atoms with E-state index in [1.165, 1.54) is 12.0 Å². The third kappa shape index (κ3) is 1.30. The van der Waals surface area contributed by atoms with Crippen LogP contribution in [0.15, 0.2) is 24.3 Å². The highest BCUT2D eigenvalue weighted by molar-refractivity contribution is 5.80. The molecule has 94 valence electrons. The Labute approximate surface area is 108 Å². The van der Waals surface area contributed by atoms with Gasteiger partial charge in [-0.1, -0.05) is 24.3 Å². The first kappa shape index (κ1) is 10.7. The molecule has 1 aromatic rings. The fraction of sp³-hybridized carbons (Fsp3) is 0.562. The van der Waals surface area contributed by atoms with Crippen LogP contribution in [-0.4, -0.2) is 18.4 Å². The van der Waals surface area contributed by atoms with Crippen LogP contribution in [0.25, 0.3) is 0 Å². The van der Waals surface area contributed by atoms with Crippen LogP contribution in [0, 0.1) is 5.92 Å². The molecule has 4 rings (SSSR count). The lowest BCUT2D eigenvalue weighted by molar-refractivity contribution is -0.125. The van der Waals surface area contributed by atoms with Gasteiger partial charge >= 0.3 is 0 Å². The molecule has 0 aromatic heterocycles. The number of piperidine rings is 1. The topological polar surface area (TPSA) is 29.1 Å². The van der Waals surface area contributed by atoms with Crippen LogP contribution in [0.3, 0.4) is 0 Å². The average molecular weight is 241 g/mol. The Morgan fingerprint density at radius 3 is 3.00 bits per heavy atom. The molecule has 1 aliphatic heterocycles. The highest BCUT2D eigenvalue weighted by Gasteiger charge is 2.52. The number of carbonyl (C=O) groups excluding carboxylic acids is 1. The van der Waals surface area contributed by atoms with Crippen molar-refractivity contribution in [1.82, 2.24) is 5.32 Å². The van der Waals surface area contributed by atoms with Gasteiger partial charge in [0, 0.05) is 24.3 Å². The van der Waals surface area contributed by atoms with E-state index in [4.69, 9.17) is 0 Å². The largest absolute Gasteiger partial charge is 0.313 e. The van der Waals surface area contributed by atoms with Gasteiger partial charge in [0.15, 0.2) is 0 Å². The highest BCUT2D eigenvalue weighted by atomic mass is 16.1. The van der Waals surface area contributed by atoms with Gasteiger partial charge in [0.2, 0.25) is 0 Å². The Hall–Kier alpha value is -1.15. The number of hydrogen-bond acceptors (Lipinski definition) is 2. The number of carbonyl (C=O) groups is 1. The van der Waals surface area contributed by atoms with Gasteiger partial charge in [-0.15, -0.1) is 0 Å². The van der Waals surface area contributed by atoms with E-state index in [9.17, 15) is 4.79 Å². The van der Waals surface area contributed by atoms with E-state index >= 15 is 0 Å². The Bertz CT molecular complexity index is 510. The molecule has 2 heteroatoms. The van der Waals surface area contributed by atoms with E-state index in [1.807, 2.05) is 0 Å². The van der Waals surface area contributed by atoms with Gasteiger partial charge in [-0.25, -0.2) is 0 Å². The fourth-order valence-electron chi connectivity index (χ4n) is 4.66. The van der Waals surface area contributed by atoms with Crippen molar-refractivity contribution < 1.29 is 4.79 Å². The van der Waals surface area contributed by atoms with Crippen molar-refractivity contribution in [2.45, 2.75) is 43.6 Å². The number of rotatable bonds is 0. The van der Waals surface area contributed by atoms with Crippen LogP contribution in [0.4, 0.5) is 0 Å². The summed E-state index contributed by atoms with van der Waals surface area (Å²) in [5, 5.41) is 3.65. The van der Waals surface area contributed by atoms with Crippen LogP contribution < -0.4 is 5.32 Å². The molecule has 18 heavy (non-hydrogen) atoms. The van der Waals surface area contributed by atoms with Crippen molar-refractivity contribution in [3.8, 4) is 0 Å². The molecular weight excluding hydrogens is 222 g/mol. The second-order valence-corrected chi connectivity index (χ2v) is 6.18. The summed E-state index contributed by atoms with van der Waals surface area (Å²) in [5.74, 6) is 1.02. The summed E-state index contributed by atoms with van der Waals surface area (Å²) in [5.41, 5.74) is 3.37. The summed E-state index contributed by atoms with van der Waals surface area (Å²) in [7, 11) is 0. The predicted octanol–water partition coefficient (Wildman–Crippen LogP) is 2.21. The molecule has 1 saturated heterocycles. The average Bonchev–Trinajstić information content (AvgIpc) is 2.39. The van der Waals surface area contributed by atoms with E-state index in [2.05, 4.69) is 29.6 Å². The first-order chi connectivity index (χ1) is 8.79. The predicted molar refractivity (Wildman–Crippen MR) is 70.6 cm³/mol. The van der Waals surface area contributed by atoms with Crippen LogP contribution >= 0.6 is 0 Å². The maximum absolute atomic E-state index is 11.8. The van der Waals surface area contributed by atoms with E-state index in [-0.39, 0.29) is 0 Å². The first-order valence-electron chi connectivity index (χ1n) is 7.13. The normalized spacial score (nSPS) is 37.9. The molecule has 2 aliphatic carbocycles. The molecule has 0 spiro atoms. The van der Waals surface area contributed by atoms with Gasteiger partial charge in [-0.3, -0.25) is 4.79 Å². The molecule has 3 aliphatic rings. The van der Waals surface area contributed by atoms with E-state index < -0.39 is 0 Å².